The van der Waals surface area contributed by atoms with Crippen molar-refractivity contribution >= 4 is 39.8 Å². The number of hydrogen-bond acceptors (Lipinski definition) is 5. The minimum Gasteiger partial charge on any atom is -0.462 e. The van der Waals surface area contributed by atoms with Gasteiger partial charge in [0.25, 0.3) is 5.91 Å². The van der Waals surface area contributed by atoms with Gasteiger partial charge < -0.3 is 10.1 Å². The zero-order valence-electron chi connectivity index (χ0n) is 15.1. The molecule has 2 aromatic heterocycles. The number of halogens is 1. The molecule has 6 nitrogen and oxygen atoms in total. The van der Waals surface area contributed by atoms with Gasteiger partial charge in [0.1, 0.15) is 5.00 Å². The molecule has 3 rings (SSSR count). The highest BCUT2D eigenvalue weighted by atomic mass is 35.5. The third-order valence-corrected chi connectivity index (χ3v) is 5.83. The highest BCUT2D eigenvalue weighted by molar-refractivity contribution is 7.17. The van der Waals surface area contributed by atoms with Gasteiger partial charge in [0.2, 0.25) is 0 Å². The summed E-state index contributed by atoms with van der Waals surface area (Å²) in [4.78, 5) is 26.4. The number of aryl methyl sites for hydroxylation is 1. The van der Waals surface area contributed by atoms with Gasteiger partial charge in [-0.2, -0.15) is 5.10 Å². The lowest BCUT2D eigenvalue weighted by Gasteiger charge is -2.18. The normalized spacial score (nSPS) is 16.2. The number of nitrogens with one attached hydrogen (secondary N) is 1. The maximum absolute atomic E-state index is 12.6. The van der Waals surface area contributed by atoms with E-state index in [0.29, 0.717) is 23.1 Å². The van der Waals surface area contributed by atoms with E-state index < -0.39 is 5.91 Å². The number of ether oxygens (including phenoxy) is 1. The van der Waals surface area contributed by atoms with Gasteiger partial charge in [0.05, 0.1) is 17.2 Å². The first-order chi connectivity index (χ1) is 12.4. The molecule has 1 amide bonds. The Morgan fingerprint density at radius 1 is 1.50 bits per heavy atom. The minimum atomic E-state index is -0.424. The summed E-state index contributed by atoms with van der Waals surface area (Å²) in [5.41, 5.74) is 1.64. The van der Waals surface area contributed by atoms with E-state index in [1.807, 2.05) is 6.92 Å². The minimum absolute atomic E-state index is 0.141. The zero-order chi connectivity index (χ0) is 18.8. The van der Waals surface area contributed by atoms with E-state index in [2.05, 4.69) is 17.3 Å². The fraction of sp³-hybridized carbons (Fsp3) is 0.500. The lowest BCUT2D eigenvalue weighted by Crippen LogP contribution is -2.17. The molecule has 0 radical (unpaired) electrons. The van der Waals surface area contributed by atoms with Crippen LogP contribution in [-0.2, 0) is 24.6 Å². The van der Waals surface area contributed by atoms with Crippen LogP contribution in [0, 0.1) is 5.92 Å². The summed E-state index contributed by atoms with van der Waals surface area (Å²) in [6.07, 6.45) is 5.07. The summed E-state index contributed by atoms with van der Waals surface area (Å²) in [5, 5.41) is 7.71. The number of fused-ring (bicyclic) bond motifs is 1. The Balaban J connectivity index is 1.93. The number of esters is 1. The van der Waals surface area contributed by atoms with Gasteiger partial charge in [-0.15, -0.1) is 11.3 Å². The molecule has 140 valence electrons. The highest BCUT2D eigenvalue weighted by Gasteiger charge is 2.30. The van der Waals surface area contributed by atoms with Crippen molar-refractivity contribution in [3.05, 3.63) is 32.9 Å². The van der Waals surface area contributed by atoms with Gasteiger partial charge in [0.15, 0.2) is 5.69 Å². The fourth-order valence-corrected chi connectivity index (χ4v) is 4.76. The lowest BCUT2D eigenvalue weighted by atomic mass is 9.88. The van der Waals surface area contributed by atoms with Crippen molar-refractivity contribution in [2.24, 2.45) is 13.0 Å². The molecule has 26 heavy (non-hydrogen) atoms. The van der Waals surface area contributed by atoms with Crippen molar-refractivity contribution in [1.82, 2.24) is 9.78 Å². The van der Waals surface area contributed by atoms with Crippen LogP contribution in [0.4, 0.5) is 5.00 Å². The Morgan fingerprint density at radius 2 is 2.27 bits per heavy atom. The van der Waals surface area contributed by atoms with Crippen LogP contribution < -0.4 is 5.32 Å². The van der Waals surface area contributed by atoms with Crippen molar-refractivity contribution in [3.8, 4) is 0 Å². The van der Waals surface area contributed by atoms with Gasteiger partial charge in [0, 0.05) is 18.1 Å². The molecule has 0 aliphatic heterocycles. The maximum atomic E-state index is 12.6. The van der Waals surface area contributed by atoms with Crippen LogP contribution in [0.1, 0.15) is 58.0 Å². The van der Waals surface area contributed by atoms with E-state index in [0.717, 1.165) is 36.1 Å². The average Bonchev–Trinajstić information content (AvgIpc) is 3.11. The van der Waals surface area contributed by atoms with E-state index in [1.165, 1.54) is 16.0 Å². The standard InChI is InChI=1S/C18H22ClN3O3S/c1-4-7-25-18(24)14-11-6-5-10(2)8-13(11)26-17(14)20-16(23)15-12(19)9-22(3)21-15/h9-10H,4-8H2,1-3H3,(H,20,23). The number of carbonyl (C=O) groups excluding carboxylic acids is 2. The first-order valence-corrected chi connectivity index (χ1v) is 9.92. The molecule has 0 fully saturated rings. The number of thiophene rings is 1. The van der Waals surface area contributed by atoms with E-state index in [4.69, 9.17) is 16.3 Å². The van der Waals surface area contributed by atoms with Crippen LogP contribution in [-0.4, -0.2) is 28.3 Å². The summed E-state index contributed by atoms with van der Waals surface area (Å²) < 4.78 is 6.84. The van der Waals surface area contributed by atoms with Crippen molar-refractivity contribution in [2.45, 2.75) is 39.5 Å². The summed E-state index contributed by atoms with van der Waals surface area (Å²) >= 11 is 7.52. The zero-order valence-corrected chi connectivity index (χ0v) is 16.7. The number of aromatic nitrogens is 2. The first-order valence-electron chi connectivity index (χ1n) is 8.72. The Labute approximate surface area is 161 Å². The molecular weight excluding hydrogens is 374 g/mol. The Morgan fingerprint density at radius 3 is 2.92 bits per heavy atom. The predicted molar refractivity (Wildman–Crippen MR) is 102 cm³/mol. The topological polar surface area (TPSA) is 73.2 Å². The van der Waals surface area contributed by atoms with Crippen LogP contribution >= 0.6 is 22.9 Å². The Kier molecular flexibility index (Phi) is 5.67. The molecule has 1 unspecified atom stereocenters. The van der Waals surface area contributed by atoms with E-state index in [-0.39, 0.29) is 16.7 Å². The molecule has 1 aliphatic rings. The lowest BCUT2D eigenvalue weighted by molar-refractivity contribution is 0.0505. The molecule has 2 heterocycles. The molecule has 0 saturated heterocycles. The Bertz CT molecular complexity index is 843. The van der Waals surface area contributed by atoms with Gasteiger partial charge in [-0.3, -0.25) is 9.48 Å². The third-order valence-electron chi connectivity index (χ3n) is 4.38. The van der Waals surface area contributed by atoms with Crippen LogP contribution in [0.2, 0.25) is 5.02 Å². The smallest absolute Gasteiger partial charge is 0.341 e. The fourth-order valence-electron chi connectivity index (χ4n) is 3.10. The summed E-state index contributed by atoms with van der Waals surface area (Å²) in [6, 6.07) is 0. The summed E-state index contributed by atoms with van der Waals surface area (Å²) in [6.45, 7) is 4.51. The second-order valence-corrected chi connectivity index (χ2v) is 8.16. The van der Waals surface area contributed by atoms with Crippen LogP contribution in [0.5, 0.6) is 0 Å². The number of carbonyl (C=O) groups is 2. The molecule has 0 spiro atoms. The molecule has 8 heteroatoms. The number of hydrogen-bond donors (Lipinski definition) is 1. The predicted octanol–water partition coefficient (Wildman–Crippen LogP) is 4.08. The maximum Gasteiger partial charge on any atom is 0.341 e. The highest BCUT2D eigenvalue weighted by Crippen LogP contribution is 2.40. The van der Waals surface area contributed by atoms with E-state index in [9.17, 15) is 9.59 Å². The average molecular weight is 396 g/mol. The SMILES string of the molecule is CCCOC(=O)c1c(NC(=O)c2nn(C)cc2Cl)sc2c1CCC(C)C2. The summed E-state index contributed by atoms with van der Waals surface area (Å²) in [7, 11) is 1.70. The van der Waals surface area contributed by atoms with E-state index >= 15 is 0 Å². The second kappa shape index (κ2) is 7.80. The Hall–Kier alpha value is -1.86. The van der Waals surface area contributed by atoms with Gasteiger partial charge in [-0.25, -0.2) is 4.79 Å². The number of anilines is 1. The van der Waals surface area contributed by atoms with Crippen molar-refractivity contribution in [3.63, 3.8) is 0 Å². The van der Waals surface area contributed by atoms with Gasteiger partial charge in [-0.1, -0.05) is 25.4 Å². The quantitative estimate of drug-likeness (QED) is 0.774. The molecule has 0 aromatic carbocycles. The largest absolute Gasteiger partial charge is 0.462 e. The molecule has 0 bridgehead atoms. The van der Waals surface area contributed by atoms with Gasteiger partial charge in [-0.05, 0) is 37.2 Å². The molecule has 1 atom stereocenters. The molecule has 0 saturated carbocycles. The molecule has 1 aliphatic carbocycles. The van der Waals surface area contributed by atoms with Crippen LogP contribution in [0.3, 0.4) is 0 Å². The second-order valence-electron chi connectivity index (χ2n) is 6.65. The van der Waals surface area contributed by atoms with Crippen LogP contribution in [0.15, 0.2) is 6.20 Å². The molecule has 2 aromatic rings. The number of rotatable bonds is 5. The number of nitrogens with zero attached hydrogens (tertiary/aromatic N) is 2. The molecule has 1 N–H and O–H groups in total. The molecular formula is C18H22ClN3O3S. The van der Waals surface area contributed by atoms with Gasteiger partial charge >= 0.3 is 5.97 Å². The third kappa shape index (κ3) is 3.78. The summed E-state index contributed by atoms with van der Waals surface area (Å²) in [5.74, 6) is -0.234. The van der Waals surface area contributed by atoms with E-state index in [1.54, 1.807) is 13.2 Å². The van der Waals surface area contributed by atoms with Crippen molar-refractivity contribution < 1.29 is 14.3 Å². The number of amides is 1. The van der Waals surface area contributed by atoms with Crippen molar-refractivity contribution in [1.29, 1.82) is 0 Å². The first kappa shape index (κ1) is 18.9. The van der Waals surface area contributed by atoms with Crippen LogP contribution in [0.25, 0.3) is 0 Å². The van der Waals surface area contributed by atoms with Crippen molar-refractivity contribution in [2.75, 3.05) is 11.9 Å². The monoisotopic (exact) mass is 395 g/mol.